The first-order chi connectivity index (χ1) is 11.6. The van der Waals surface area contributed by atoms with E-state index in [2.05, 4.69) is 10.3 Å². The number of aryl methyl sites for hydroxylation is 1. The first-order valence-electron chi connectivity index (χ1n) is 7.74. The van der Waals surface area contributed by atoms with Gasteiger partial charge in [-0.15, -0.1) is 0 Å². The van der Waals surface area contributed by atoms with Crippen LogP contribution in [0.4, 0.5) is 0 Å². The first-order valence-corrected chi connectivity index (χ1v) is 8.12. The highest BCUT2D eigenvalue weighted by molar-refractivity contribution is 6.31. The molecule has 0 aliphatic carbocycles. The number of carbonyl (C=O) groups excluding carboxylic acids is 1. The van der Waals surface area contributed by atoms with Gasteiger partial charge >= 0.3 is 0 Å². The van der Waals surface area contributed by atoms with Gasteiger partial charge < -0.3 is 15.0 Å². The molecule has 0 aliphatic heterocycles. The predicted octanol–water partition coefficient (Wildman–Crippen LogP) is 4.25. The van der Waals surface area contributed by atoms with E-state index in [9.17, 15) is 4.79 Å². The lowest BCUT2D eigenvalue weighted by Crippen LogP contribution is -2.29. The van der Waals surface area contributed by atoms with Crippen molar-refractivity contribution in [3.63, 3.8) is 0 Å². The second-order valence-corrected chi connectivity index (χ2v) is 6.03. The molecule has 1 aromatic heterocycles. The Morgan fingerprint density at radius 2 is 1.92 bits per heavy atom. The number of nitrogens with one attached hydrogen (secondary N) is 2. The fraction of sp³-hybridized carbons (Fsp3) is 0.211. The minimum Gasteiger partial charge on any atom is -0.375 e. The van der Waals surface area contributed by atoms with Crippen molar-refractivity contribution in [1.82, 2.24) is 10.3 Å². The lowest BCUT2D eigenvalue weighted by atomic mass is 10.1. The summed E-state index contributed by atoms with van der Waals surface area (Å²) in [6.45, 7) is 2.24. The second kappa shape index (κ2) is 7.07. The number of H-pyrrole nitrogens is 1. The molecule has 3 rings (SSSR count). The fourth-order valence-electron chi connectivity index (χ4n) is 2.90. The number of amides is 1. The summed E-state index contributed by atoms with van der Waals surface area (Å²) < 4.78 is 5.50. The zero-order valence-corrected chi connectivity index (χ0v) is 14.4. The average molecular weight is 343 g/mol. The van der Waals surface area contributed by atoms with Crippen molar-refractivity contribution in [2.75, 3.05) is 13.7 Å². The van der Waals surface area contributed by atoms with Crippen molar-refractivity contribution in [2.24, 2.45) is 0 Å². The standard InChI is InChI=1S/C19H19ClN2O2/c1-12-18(14-8-4-6-10-16(14)22-12)19(23)21-11-17(24-2)13-7-3-5-9-15(13)20/h3-10,17,22H,11H2,1-2H3,(H,21,23). The molecule has 1 atom stereocenters. The molecule has 0 saturated carbocycles. The van der Waals surface area contributed by atoms with E-state index in [0.29, 0.717) is 17.1 Å². The summed E-state index contributed by atoms with van der Waals surface area (Å²) in [4.78, 5) is 15.9. The number of carbonyl (C=O) groups is 1. The summed E-state index contributed by atoms with van der Waals surface area (Å²) in [6, 6.07) is 15.3. The summed E-state index contributed by atoms with van der Waals surface area (Å²) in [7, 11) is 1.61. The summed E-state index contributed by atoms with van der Waals surface area (Å²) in [6.07, 6.45) is -0.298. The van der Waals surface area contributed by atoms with Crippen LogP contribution in [0.2, 0.25) is 5.02 Å². The minimum absolute atomic E-state index is 0.126. The van der Waals surface area contributed by atoms with Gasteiger partial charge in [0.15, 0.2) is 0 Å². The van der Waals surface area contributed by atoms with E-state index in [0.717, 1.165) is 22.2 Å². The van der Waals surface area contributed by atoms with Gasteiger partial charge in [-0.05, 0) is 19.1 Å². The Bertz CT molecular complexity index is 873. The summed E-state index contributed by atoms with van der Waals surface area (Å²) in [5.41, 5.74) is 3.33. The molecule has 124 valence electrons. The number of aromatic amines is 1. The van der Waals surface area contributed by atoms with Crippen LogP contribution in [0.15, 0.2) is 48.5 Å². The largest absolute Gasteiger partial charge is 0.375 e. The van der Waals surface area contributed by atoms with Crippen molar-refractivity contribution in [3.05, 3.63) is 70.4 Å². The Morgan fingerprint density at radius 1 is 1.21 bits per heavy atom. The molecule has 0 bridgehead atoms. The van der Waals surface area contributed by atoms with E-state index in [4.69, 9.17) is 16.3 Å². The van der Waals surface area contributed by atoms with Crippen LogP contribution >= 0.6 is 11.6 Å². The van der Waals surface area contributed by atoms with Gasteiger partial charge in [0.05, 0.1) is 5.56 Å². The lowest BCUT2D eigenvalue weighted by molar-refractivity contribution is 0.0829. The minimum atomic E-state index is -0.298. The van der Waals surface area contributed by atoms with Crippen LogP contribution in [-0.4, -0.2) is 24.5 Å². The van der Waals surface area contributed by atoms with Gasteiger partial charge in [0.1, 0.15) is 6.10 Å². The van der Waals surface area contributed by atoms with Crippen LogP contribution in [0.5, 0.6) is 0 Å². The number of aromatic nitrogens is 1. The molecule has 5 heteroatoms. The maximum absolute atomic E-state index is 12.7. The molecule has 1 heterocycles. The second-order valence-electron chi connectivity index (χ2n) is 5.63. The van der Waals surface area contributed by atoms with E-state index in [1.807, 2.05) is 55.5 Å². The topological polar surface area (TPSA) is 54.1 Å². The van der Waals surface area contributed by atoms with Crippen LogP contribution in [0.1, 0.15) is 27.7 Å². The third-order valence-electron chi connectivity index (χ3n) is 4.11. The highest BCUT2D eigenvalue weighted by Gasteiger charge is 2.19. The molecular weight excluding hydrogens is 324 g/mol. The van der Waals surface area contributed by atoms with E-state index in [1.54, 1.807) is 7.11 Å². The number of benzene rings is 2. The average Bonchev–Trinajstić information content (AvgIpc) is 2.92. The number of halogens is 1. The van der Waals surface area contributed by atoms with Crippen molar-refractivity contribution >= 4 is 28.4 Å². The van der Waals surface area contributed by atoms with Gasteiger partial charge in [0, 0.05) is 40.8 Å². The van der Waals surface area contributed by atoms with E-state index >= 15 is 0 Å². The molecule has 4 nitrogen and oxygen atoms in total. The maximum atomic E-state index is 12.7. The Morgan fingerprint density at radius 3 is 2.67 bits per heavy atom. The van der Waals surface area contributed by atoms with E-state index < -0.39 is 0 Å². The summed E-state index contributed by atoms with van der Waals surface area (Å²) in [5, 5.41) is 4.49. The number of methoxy groups -OCH3 is 1. The SMILES string of the molecule is COC(CNC(=O)c1c(C)[nH]c2ccccc12)c1ccccc1Cl. The molecule has 2 aromatic carbocycles. The molecule has 24 heavy (non-hydrogen) atoms. The third-order valence-corrected chi connectivity index (χ3v) is 4.45. The zero-order chi connectivity index (χ0) is 17.1. The molecule has 1 unspecified atom stereocenters. The fourth-order valence-corrected chi connectivity index (χ4v) is 3.16. The monoisotopic (exact) mass is 342 g/mol. The van der Waals surface area contributed by atoms with Crippen LogP contribution in [0, 0.1) is 6.92 Å². The number of hydrogen-bond donors (Lipinski definition) is 2. The third kappa shape index (κ3) is 3.16. The Labute approximate surface area is 145 Å². The maximum Gasteiger partial charge on any atom is 0.253 e. The molecule has 0 fully saturated rings. The zero-order valence-electron chi connectivity index (χ0n) is 13.6. The molecule has 3 aromatic rings. The highest BCUT2D eigenvalue weighted by atomic mass is 35.5. The van der Waals surface area contributed by atoms with Crippen LogP contribution < -0.4 is 5.32 Å². The molecule has 1 amide bonds. The molecule has 0 radical (unpaired) electrons. The van der Waals surface area contributed by atoms with E-state index in [-0.39, 0.29) is 12.0 Å². The molecular formula is C19H19ClN2O2. The van der Waals surface area contributed by atoms with Crippen molar-refractivity contribution < 1.29 is 9.53 Å². The molecule has 0 spiro atoms. The van der Waals surface area contributed by atoms with Gasteiger partial charge in [-0.3, -0.25) is 4.79 Å². The smallest absolute Gasteiger partial charge is 0.253 e. The number of rotatable bonds is 5. The summed E-state index contributed by atoms with van der Waals surface area (Å²) >= 11 is 6.22. The van der Waals surface area contributed by atoms with Crippen LogP contribution in [0.3, 0.4) is 0 Å². The molecule has 0 saturated heterocycles. The number of para-hydroxylation sites is 1. The Hall–Kier alpha value is -2.30. The lowest BCUT2D eigenvalue weighted by Gasteiger charge is -2.17. The van der Waals surface area contributed by atoms with Gasteiger partial charge in [0.2, 0.25) is 0 Å². The van der Waals surface area contributed by atoms with Gasteiger partial charge in [-0.25, -0.2) is 0 Å². The normalized spacial score (nSPS) is 12.3. The highest BCUT2D eigenvalue weighted by Crippen LogP contribution is 2.25. The van der Waals surface area contributed by atoms with Crippen molar-refractivity contribution in [3.8, 4) is 0 Å². The molecule has 2 N–H and O–H groups in total. The van der Waals surface area contributed by atoms with Gasteiger partial charge in [-0.2, -0.15) is 0 Å². The summed E-state index contributed by atoms with van der Waals surface area (Å²) in [5.74, 6) is -0.126. The van der Waals surface area contributed by atoms with Crippen LogP contribution in [-0.2, 0) is 4.74 Å². The van der Waals surface area contributed by atoms with Crippen molar-refractivity contribution in [1.29, 1.82) is 0 Å². The number of hydrogen-bond acceptors (Lipinski definition) is 2. The van der Waals surface area contributed by atoms with Crippen LogP contribution in [0.25, 0.3) is 10.9 Å². The predicted molar refractivity (Wildman–Crippen MR) is 96.6 cm³/mol. The quantitative estimate of drug-likeness (QED) is 0.728. The van der Waals surface area contributed by atoms with Gasteiger partial charge in [0.25, 0.3) is 5.91 Å². The number of ether oxygens (including phenoxy) is 1. The number of fused-ring (bicyclic) bond motifs is 1. The Balaban J connectivity index is 1.79. The van der Waals surface area contributed by atoms with E-state index in [1.165, 1.54) is 0 Å². The first kappa shape index (κ1) is 16.6. The molecule has 0 aliphatic rings. The van der Waals surface area contributed by atoms with Crippen molar-refractivity contribution in [2.45, 2.75) is 13.0 Å². The van der Waals surface area contributed by atoms with Gasteiger partial charge in [-0.1, -0.05) is 48.0 Å². The Kier molecular flexibility index (Phi) is 4.88.